The molecule has 1 saturated heterocycles. The Kier molecular flexibility index (Phi) is 10.9. The van der Waals surface area contributed by atoms with E-state index in [-0.39, 0.29) is 36.1 Å². The van der Waals surface area contributed by atoms with E-state index < -0.39 is 0 Å². The summed E-state index contributed by atoms with van der Waals surface area (Å²) in [5, 5.41) is 17.5. The molecule has 1 heterocycles. The number of aliphatic hydroxyl groups excluding tert-OH is 1. The first-order valence-corrected chi connectivity index (χ1v) is 11.1. The minimum atomic E-state index is -0.128. The highest BCUT2D eigenvalue weighted by Crippen LogP contribution is 2.25. The summed E-state index contributed by atoms with van der Waals surface area (Å²) in [4.78, 5) is 6.72. The van der Waals surface area contributed by atoms with Gasteiger partial charge in [-0.05, 0) is 48.6 Å². The molecule has 5 nitrogen and oxygen atoms in total. The summed E-state index contributed by atoms with van der Waals surface area (Å²) in [5.74, 6) is 0.726. The van der Waals surface area contributed by atoms with Crippen molar-refractivity contribution >= 4 is 53.1 Å². The first kappa shape index (κ1) is 26.2. The van der Waals surface area contributed by atoms with Crippen LogP contribution in [0.2, 0.25) is 10.0 Å². The molecule has 1 aliphatic heterocycles. The van der Waals surface area contributed by atoms with E-state index in [1.54, 1.807) is 13.1 Å². The van der Waals surface area contributed by atoms with Gasteiger partial charge < -0.3 is 15.7 Å². The number of hydrogen-bond donors (Lipinski definition) is 3. The molecule has 1 unspecified atom stereocenters. The van der Waals surface area contributed by atoms with Crippen molar-refractivity contribution in [2.24, 2.45) is 4.99 Å². The van der Waals surface area contributed by atoms with Crippen LogP contribution in [0.3, 0.4) is 0 Å². The van der Waals surface area contributed by atoms with E-state index in [2.05, 4.69) is 51.7 Å². The van der Waals surface area contributed by atoms with Crippen LogP contribution < -0.4 is 10.6 Å². The van der Waals surface area contributed by atoms with Crippen molar-refractivity contribution < 1.29 is 5.11 Å². The molecule has 8 heteroatoms. The lowest BCUT2D eigenvalue weighted by molar-refractivity contribution is 0.0792. The lowest BCUT2D eigenvalue weighted by Gasteiger charge is -2.29. The Morgan fingerprint density at radius 2 is 1.74 bits per heavy atom. The van der Waals surface area contributed by atoms with Crippen LogP contribution in [0.1, 0.15) is 42.5 Å². The molecular weight excluding hydrogens is 546 g/mol. The molecule has 2 aromatic rings. The molecular formula is C23H31Cl2IN4O. The van der Waals surface area contributed by atoms with E-state index >= 15 is 0 Å². The summed E-state index contributed by atoms with van der Waals surface area (Å²) in [5.41, 5.74) is 3.53. The molecule has 1 fully saturated rings. The second-order valence-electron chi connectivity index (χ2n) is 7.79. The van der Waals surface area contributed by atoms with Crippen LogP contribution in [0.4, 0.5) is 0 Å². The monoisotopic (exact) mass is 576 g/mol. The SMILES string of the molecule is CN=C(NCc1ccc(CN2CCC(O)CC2)cc1)NC(C)c1ccc(Cl)c(Cl)c1.I. The second kappa shape index (κ2) is 12.8. The predicted octanol–water partition coefficient (Wildman–Crippen LogP) is 4.99. The van der Waals surface area contributed by atoms with Gasteiger partial charge in [0.1, 0.15) is 0 Å². The van der Waals surface area contributed by atoms with E-state index in [0.717, 1.165) is 44.0 Å². The van der Waals surface area contributed by atoms with Gasteiger partial charge in [0.05, 0.1) is 22.2 Å². The molecule has 0 saturated carbocycles. The summed E-state index contributed by atoms with van der Waals surface area (Å²) in [7, 11) is 1.76. The van der Waals surface area contributed by atoms with Crippen molar-refractivity contribution in [1.29, 1.82) is 0 Å². The lowest BCUT2D eigenvalue weighted by Crippen LogP contribution is -2.38. The van der Waals surface area contributed by atoms with Crippen LogP contribution in [0, 0.1) is 0 Å². The van der Waals surface area contributed by atoms with Crippen molar-refractivity contribution in [3.05, 3.63) is 69.2 Å². The lowest BCUT2D eigenvalue weighted by atomic mass is 10.1. The molecule has 0 radical (unpaired) electrons. The van der Waals surface area contributed by atoms with Gasteiger partial charge in [0.25, 0.3) is 0 Å². The van der Waals surface area contributed by atoms with Crippen molar-refractivity contribution in [1.82, 2.24) is 15.5 Å². The molecule has 31 heavy (non-hydrogen) atoms. The maximum absolute atomic E-state index is 9.64. The fourth-order valence-electron chi connectivity index (χ4n) is 3.55. The summed E-state index contributed by atoms with van der Waals surface area (Å²) >= 11 is 12.1. The number of aliphatic imine (C=N–C) groups is 1. The fourth-order valence-corrected chi connectivity index (χ4v) is 3.86. The van der Waals surface area contributed by atoms with Crippen molar-refractivity contribution in [3.8, 4) is 0 Å². The summed E-state index contributed by atoms with van der Waals surface area (Å²) in [6.45, 7) is 5.60. The molecule has 0 amide bonds. The van der Waals surface area contributed by atoms with E-state index in [0.29, 0.717) is 16.6 Å². The third-order valence-corrected chi connectivity index (χ3v) is 6.21. The second-order valence-corrected chi connectivity index (χ2v) is 8.60. The number of nitrogens with zero attached hydrogens (tertiary/aromatic N) is 2. The maximum atomic E-state index is 9.64. The number of halogens is 3. The van der Waals surface area contributed by atoms with Gasteiger partial charge in [-0.1, -0.05) is 53.5 Å². The summed E-state index contributed by atoms with van der Waals surface area (Å²) in [6.07, 6.45) is 1.61. The van der Waals surface area contributed by atoms with Gasteiger partial charge in [0, 0.05) is 33.2 Å². The summed E-state index contributed by atoms with van der Waals surface area (Å²) in [6, 6.07) is 14.3. The van der Waals surface area contributed by atoms with Crippen molar-refractivity contribution in [2.45, 2.75) is 45.0 Å². The number of nitrogens with one attached hydrogen (secondary N) is 2. The molecule has 0 bridgehead atoms. The zero-order chi connectivity index (χ0) is 21.5. The molecule has 1 aliphatic rings. The number of hydrogen-bond acceptors (Lipinski definition) is 3. The Bertz CT molecular complexity index is 855. The number of aliphatic hydroxyl groups is 1. The zero-order valence-electron chi connectivity index (χ0n) is 17.9. The van der Waals surface area contributed by atoms with Crippen LogP contribution in [0.15, 0.2) is 47.5 Å². The van der Waals surface area contributed by atoms with E-state index in [1.165, 1.54) is 11.1 Å². The van der Waals surface area contributed by atoms with Gasteiger partial charge in [0.2, 0.25) is 0 Å². The Balaban J connectivity index is 0.00000341. The van der Waals surface area contributed by atoms with Crippen molar-refractivity contribution in [2.75, 3.05) is 20.1 Å². The molecule has 2 aromatic carbocycles. The minimum Gasteiger partial charge on any atom is -0.393 e. The number of likely N-dealkylation sites (tertiary alicyclic amines) is 1. The average molecular weight is 577 g/mol. The predicted molar refractivity (Wildman–Crippen MR) is 141 cm³/mol. The highest BCUT2D eigenvalue weighted by atomic mass is 127. The van der Waals surface area contributed by atoms with Gasteiger partial charge >= 0.3 is 0 Å². The summed E-state index contributed by atoms with van der Waals surface area (Å²) < 4.78 is 0. The van der Waals surface area contributed by atoms with E-state index in [1.807, 2.05) is 12.1 Å². The number of guanidine groups is 1. The minimum absolute atomic E-state index is 0. The molecule has 1 atom stereocenters. The first-order valence-electron chi connectivity index (χ1n) is 10.3. The van der Waals surface area contributed by atoms with Gasteiger partial charge in [-0.2, -0.15) is 0 Å². The molecule has 0 spiro atoms. The van der Waals surface area contributed by atoms with Crippen LogP contribution in [0.5, 0.6) is 0 Å². The Morgan fingerprint density at radius 1 is 1.10 bits per heavy atom. The highest BCUT2D eigenvalue weighted by Gasteiger charge is 2.16. The maximum Gasteiger partial charge on any atom is 0.191 e. The van der Waals surface area contributed by atoms with Crippen molar-refractivity contribution in [3.63, 3.8) is 0 Å². The number of rotatable bonds is 6. The zero-order valence-corrected chi connectivity index (χ0v) is 21.8. The van der Waals surface area contributed by atoms with Crippen LogP contribution in [-0.4, -0.2) is 42.2 Å². The third-order valence-electron chi connectivity index (χ3n) is 5.47. The van der Waals surface area contributed by atoms with E-state index in [9.17, 15) is 5.11 Å². The Hall–Kier alpha value is -1.06. The topological polar surface area (TPSA) is 59.9 Å². The molecule has 3 N–H and O–H groups in total. The Labute approximate surface area is 212 Å². The molecule has 0 aromatic heterocycles. The normalized spacial score (nSPS) is 16.5. The Morgan fingerprint density at radius 3 is 2.35 bits per heavy atom. The molecule has 0 aliphatic carbocycles. The molecule has 3 rings (SSSR count). The van der Waals surface area contributed by atoms with Crippen LogP contribution in [0.25, 0.3) is 0 Å². The largest absolute Gasteiger partial charge is 0.393 e. The van der Waals surface area contributed by atoms with Crippen LogP contribution in [-0.2, 0) is 13.1 Å². The van der Waals surface area contributed by atoms with Gasteiger partial charge in [-0.25, -0.2) is 0 Å². The van der Waals surface area contributed by atoms with Gasteiger partial charge in [-0.3, -0.25) is 9.89 Å². The highest BCUT2D eigenvalue weighted by molar-refractivity contribution is 14.0. The van der Waals surface area contributed by atoms with Gasteiger partial charge in [0.15, 0.2) is 5.96 Å². The van der Waals surface area contributed by atoms with Crippen LogP contribution >= 0.6 is 47.2 Å². The fraction of sp³-hybridized carbons (Fsp3) is 0.435. The standard InChI is InChI=1S/C23H30Cl2N4O.HI/c1-16(19-7-8-21(24)22(25)13-19)28-23(26-2)27-14-17-3-5-18(6-4-17)15-29-11-9-20(30)10-12-29;/h3-8,13,16,20,30H,9-12,14-15H2,1-2H3,(H2,26,27,28);1H. The average Bonchev–Trinajstić information content (AvgIpc) is 2.75. The molecule has 170 valence electrons. The first-order chi connectivity index (χ1) is 14.4. The number of benzene rings is 2. The quantitative estimate of drug-likeness (QED) is 0.257. The smallest absolute Gasteiger partial charge is 0.191 e. The van der Waals surface area contributed by atoms with E-state index in [4.69, 9.17) is 23.2 Å². The number of piperidine rings is 1. The van der Waals surface area contributed by atoms with Gasteiger partial charge in [-0.15, -0.1) is 24.0 Å². The third kappa shape index (κ3) is 8.09.